The molecule has 0 radical (unpaired) electrons. The fourth-order valence-electron chi connectivity index (χ4n) is 8.15. The first-order valence-corrected chi connectivity index (χ1v) is 30.2. The van der Waals surface area contributed by atoms with Crippen LogP contribution in [-0.4, -0.2) is 194 Å². The first kappa shape index (κ1) is 80.7. The number of amides is 5. The number of Topliss-reactive ketones (excluding diaryl/α,β-unsaturated/α-hetero) is 5. The molecule has 0 aromatic heterocycles. The van der Waals surface area contributed by atoms with Crippen LogP contribution in [0.25, 0.3) is 0 Å². The second-order valence-electron chi connectivity index (χ2n) is 21.0. The molecule has 0 rings (SSSR count). The molecule has 11 atom stereocenters. The van der Waals surface area contributed by atoms with Crippen molar-refractivity contribution >= 4 is 110 Å². The molecule has 36 nitrogen and oxygen atoms in total. The van der Waals surface area contributed by atoms with E-state index in [1.54, 1.807) is 6.92 Å². The lowest BCUT2D eigenvalue weighted by atomic mass is 9.86. The highest BCUT2D eigenvalue weighted by molar-refractivity contribution is 7.46. The van der Waals surface area contributed by atoms with Gasteiger partial charge in [0.2, 0.25) is 29.5 Å². The van der Waals surface area contributed by atoms with Crippen molar-refractivity contribution in [3.63, 3.8) is 0 Å². The van der Waals surface area contributed by atoms with Crippen molar-refractivity contribution in [3.05, 3.63) is 0 Å². The fraction of sp³-hybridized carbons (Fsp3) is 0.680. The molecule has 0 saturated heterocycles. The summed E-state index contributed by atoms with van der Waals surface area (Å²) in [5.74, 6) is -29.1. The number of carbonyl (C=O) groups is 16. The van der Waals surface area contributed by atoms with E-state index in [4.69, 9.17) is 10.8 Å². The van der Waals surface area contributed by atoms with Crippen LogP contribution in [0.3, 0.4) is 0 Å². The summed E-state index contributed by atoms with van der Waals surface area (Å²) in [5.41, 5.74) is 5.61. The predicted octanol–water partition coefficient (Wildman–Crippen LogP) is -2.04. The van der Waals surface area contributed by atoms with Crippen LogP contribution in [0.2, 0.25) is 0 Å². The number of nitrogens with two attached hydrogens (primary N) is 1. The number of nitrogens with one attached hydrogen (secondary N) is 5. The third-order valence-corrected chi connectivity index (χ3v) is 14.4. The maximum Gasteiger partial charge on any atom is 0.469 e. The Morgan fingerprint density at radius 2 is 0.841 bits per heavy atom. The van der Waals surface area contributed by atoms with Crippen LogP contribution in [0.4, 0.5) is 0 Å². The molecule has 0 aromatic carbocycles. The molecule has 0 aliphatic heterocycles. The Balaban J connectivity index is 7.01. The highest BCUT2D eigenvalue weighted by Crippen LogP contribution is 2.37. The molecule has 5 amide bonds. The van der Waals surface area contributed by atoms with Gasteiger partial charge in [0.15, 0.2) is 28.9 Å². The van der Waals surface area contributed by atoms with E-state index in [1.807, 2.05) is 5.32 Å². The molecule has 0 saturated carbocycles. The topological polar surface area (TPSA) is 614 Å². The van der Waals surface area contributed by atoms with Crippen LogP contribution >= 0.6 is 15.6 Å². The summed E-state index contributed by atoms with van der Waals surface area (Å²) >= 11 is 0. The largest absolute Gasteiger partial charge is 0.481 e. The van der Waals surface area contributed by atoms with E-state index >= 15 is 0 Å². The number of hydrogen-bond acceptors (Lipinski definition) is 21. The summed E-state index contributed by atoms with van der Waals surface area (Å²) in [6.45, 7) is 4.24. The van der Waals surface area contributed by atoms with Crippen LogP contribution < -0.4 is 32.3 Å². The molecule has 0 aliphatic rings. The fourth-order valence-corrected chi connectivity index (χ4v) is 8.84. The number of ketones is 5. The van der Waals surface area contributed by atoms with Crippen molar-refractivity contribution in [1.29, 1.82) is 0 Å². The van der Waals surface area contributed by atoms with Crippen molar-refractivity contribution < 1.29 is 145 Å². The minimum absolute atomic E-state index is 0.275. The Kier molecular flexibility index (Phi) is 35.6. The van der Waals surface area contributed by atoms with Crippen LogP contribution in [0.5, 0.6) is 0 Å². The number of rotatable bonds is 48. The lowest BCUT2D eigenvalue weighted by Gasteiger charge is -2.27. The van der Waals surface area contributed by atoms with Crippen LogP contribution in [0.1, 0.15) is 131 Å². The molecular formula is C50H78N6O30P2. The first-order chi connectivity index (χ1) is 40.5. The zero-order chi connectivity index (χ0) is 68.1. The van der Waals surface area contributed by atoms with Gasteiger partial charge in [-0.2, -0.15) is 0 Å². The predicted molar refractivity (Wildman–Crippen MR) is 293 cm³/mol. The Morgan fingerprint density at radius 1 is 0.432 bits per heavy atom. The average molecular weight is 1310 g/mol. The van der Waals surface area contributed by atoms with E-state index < -0.39 is 285 Å². The van der Waals surface area contributed by atoms with Gasteiger partial charge in [-0.25, -0.2) is 9.13 Å². The van der Waals surface area contributed by atoms with E-state index in [9.17, 15) is 131 Å². The van der Waals surface area contributed by atoms with Crippen molar-refractivity contribution in [3.8, 4) is 0 Å². The normalized spacial score (nSPS) is 15.4. The van der Waals surface area contributed by atoms with Crippen molar-refractivity contribution in [2.24, 2.45) is 41.2 Å². The SMILES string of the molecule is CCC(C)C(NC(=O)C(N)CC(=O)O)C(=O)CCC(=O)NC(COP(=O)(O)O)C(=O)CC(CCC(=O)O)C(=O)NC(COP(=O)(O)O)C(=O)CC(C(=O)NC(CCC(=O)O)C(=O)CC(CC(=O)O)C(=O)NC(CCC(=O)O)C(=O)CC(C)C(=O)O)C(C)C. The molecule has 0 bridgehead atoms. The Labute approximate surface area is 502 Å². The maximum atomic E-state index is 14.1. The minimum atomic E-state index is -5.55. The first-order valence-electron chi connectivity index (χ1n) is 27.1. The standard InChI is InChI=1S/C50H78N6O30P2/c1-6-24(4)45(56-49(76)29(51)20-44(71)72)34(57)10-11-39(62)52-32(21-85-87(79,80)81)37(60)16-26(7-12-40(63)64)46(73)55-33(22-86-88(82,83)84)38(61)19-28(23(2)3)48(75)54-31(9-14-42(67)68)36(59)17-27(18-43(69)70)47(74)53-30(8-13-41(65)66)35(58)15-25(5)50(77)78/h23-33,45H,6-22,51H2,1-5H3,(H,52,62)(H,53,74)(H,54,75)(H,55,73)(H,56,76)(H,63,64)(H,65,66)(H,67,68)(H,69,70)(H,71,72)(H,77,78)(H2,79,80,81)(H2,82,83,84). The summed E-state index contributed by atoms with van der Waals surface area (Å²) in [6.07, 6.45) is -11.8. The maximum absolute atomic E-state index is 14.1. The summed E-state index contributed by atoms with van der Waals surface area (Å²) in [6, 6.07) is -10.8. The van der Waals surface area contributed by atoms with Gasteiger partial charge in [0, 0.05) is 69.6 Å². The number of aliphatic carboxylic acids is 6. The molecule has 0 aromatic rings. The number of carbonyl (C=O) groups excluding carboxylic acids is 10. The van der Waals surface area contributed by atoms with E-state index in [2.05, 4.69) is 30.3 Å². The third kappa shape index (κ3) is 33.7. The van der Waals surface area contributed by atoms with Crippen LogP contribution in [-0.2, 0) is 94.9 Å². The van der Waals surface area contributed by atoms with Gasteiger partial charge in [-0.15, -0.1) is 0 Å². The molecule has 38 heteroatoms. The van der Waals surface area contributed by atoms with Crippen molar-refractivity contribution in [1.82, 2.24) is 26.6 Å². The lowest BCUT2D eigenvalue weighted by molar-refractivity contribution is -0.145. The molecule has 0 heterocycles. The summed E-state index contributed by atoms with van der Waals surface area (Å²) in [4.78, 5) is 243. The van der Waals surface area contributed by atoms with Crippen LogP contribution in [0.15, 0.2) is 0 Å². The second kappa shape index (κ2) is 38.9. The van der Waals surface area contributed by atoms with Crippen LogP contribution in [0, 0.1) is 35.5 Å². The quantitative estimate of drug-likeness (QED) is 0.0292. The van der Waals surface area contributed by atoms with Gasteiger partial charge in [-0.3, -0.25) is 85.8 Å². The minimum Gasteiger partial charge on any atom is -0.481 e. The monoisotopic (exact) mass is 1300 g/mol. The molecule has 17 N–H and O–H groups in total. The van der Waals surface area contributed by atoms with Gasteiger partial charge in [0.05, 0.1) is 62.1 Å². The van der Waals surface area contributed by atoms with Gasteiger partial charge >= 0.3 is 51.5 Å². The number of phosphoric acid groups is 2. The molecule has 498 valence electrons. The number of carboxylic acid groups (broad SMARTS) is 6. The highest BCUT2D eigenvalue weighted by atomic mass is 31.2. The molecule has 11 unspecified atom stereocenters. The van der Waals surface area contributed by atoms with E-state index in [0.29, 0.717) is 0 Å². The van der Waals surface area contributed by atoms with Gasteiger partial charge in [0.25, 0.3) is 0 Å². The smallest absolute Gasteiger partial charge is 0.469 e. The lowest BCUT2D eigenvalue weighted by Crippen LogP contribution is -2.51. The second-order valence-corrected chi connectivity index (χ2v) is 23.5. The Bertz CT molecular complexity index is 2660. The van der Waals surface area contributed by atoms with E-state index in [1.165, 1.54) is 20.8 Å². The Morgan fingerprint density at radius 3 is 1.28 bits per heavy atom. The molecule has 88 heavy (non-hydrogen) atoms. The van der Waals surface area contributed by atoms with Gasteiger partial charge in [-0.05, 0) is 31.1 Å². The number of hydrogen-bond donors (Lipinski definition) is 16. The van der Waals surface area contributed by atoms with Crippen molar-refractivity contribution in [2.75, 3.05) is 13.2 Å². The zero-order valence-corrected chi connectivity index (χ0v) is 50.3. The number of phosphoric ester groups is 2. The Hall–Kier alpha value is -7.30. The van der Waals surface area contributed by atoms with Crippen molar-refractivity contribution in [2.45, 2.75) is 167 Å². The number of carboxylic acids is 6. The molecule has 0 fully saturated rings. The summed E-state index contributed by atoms with van der Waals surface area (Å²) < 4.78 is 32.5. The summed E-state index contributed by atoms with van der Waals surface area (Å²) in [7, 11) is -11.0. The molecule has 0 aliphatic carbocycles. The van der Waals surface area contributed by atoms with Gasteiger partial charge < -0.3 is 82.5 Å². The average Bonchev–Trinajstić information content (AvgIpc) is 3.00. The van der Waals surface area contributed by atoms with E-state index in [0.717, 1.165) is 6.92 Å². The van der Waals surface area contributed by atoms with Gasteiger partial charge in [-0.1, -0.05) is 41.0 Å². The zero-order valence-electron chi connectivity index (χ0n) is 48.6. The van der Waals surface area contributed by atoms with Gasteiger partial charge in [0.1, 0.15) is 12.1 Å². The molecule has 0 spiro atoms. The third-order valence-electron chi connectivity index (χ3n) is 13.4. The molecular weight excluding hydrogens is 1230 g/mol. The highest BCUT2D eigenvalue weighted by Gasteiger charge is 2.39. The van der Waals surface area contributed by atoms with E-state index in [-0.39, 0.29) is 6.42 Å². The summed E-state index contributed by atoms with van der Waals surface area (Å²) in [5, 5.41) is 67.0.